The van der Waals surface area contributed by atoms with E-state index in [0.717, 1.165) is 33.7 Å². The molecule has 112 valence electrons. The maximum atomic E-state index is 9.78. The molecule has 1 fully saturated rings. The molecule has 1 saturated carbocycles. The van der Waals surface area contributed by atoms with E-state index in [0.29, 0.717) is 11.8 Å². The smallest absolute Gasteiger partial charge is 0.258 e. The Bertz CT molecular complexity index is 618. The van der Waals surface area contributed by atoms with Crippen molar-refractivity contribution in [2.45, 2.75) is 44.9 Å². The van der Waals surface area contributed by atoms with E-state index in [1.165, 1.54) is 19.3 Å². The van der Waals surface area contributed by atoms with E-state index in [2.05, 4.69) is 39.7 Å². The van der Waals surface area contributed by atoms with Crippen molar-refractivity contribution in [1.29, 1.82) is 0 Å². The van der Waals surface area contributed by atoms with Gasteiger partial charge in [-0.05, 0) is 72.4 Å². The van der Waals surface area contributed by atoms with Gasteiger partial charge in [0.05, 0.1) is 3.57 Å². The van der Waals surface area contributed by atoms with Crippen molar-refractivity contribution in [3.63, 3.8) is 0 Å². The molecule has 0 amide bonds. The Balaban J connectivity index is 1.76. The van der Waals surface area contributed by atoms with Gasteiger partial charge in [0.25, 0.3) is 5.89 Å². The average Bonchev–Trinajstić information content (AvgIpc) is 3.00. The second-order valence-corrected chi connectivity index (χ2v) is 6.91. The molecule has 0 unspecified atom stereocenters. The predicted molar refractivity (Wildman–Crippen MR) is 89.1 cm³/mol. The van der Waals surface area contributed by atoms with Gasteiger partial charge >= 0.3 is 0 Å². The van der Waals surface area contributed by atoms with E-state index >= 15 is 0 Å². The lowest BCUT2D eigenvalue weighted by Crippen LogP contribution is -2.13. The minimum atomic E-state index is 0.247. The minimum Gasteiger partial charge on any atom is -0.507 e. The molecule has 4 nitrogen and oxygen atoms in total. The maximum Gasteiger partial charge on any atom is 0.258 e. The summed E-state index contributed by atoms with van der Waals surface area (Å²) < 4.78 is 6.19. The highest BCUT2D eigenvalue weighted by Gasteiger charge is 2.25. The molecule has 1 aromatic carbocycles. The van der Waals surface area contributed by atoms with Gasteiger partial charge < -0.3 is 9.63 Å². The lowest BCUT2D eigenvalue weighted by atomic mass is 9.80. The van der Waals surface area contributed by atoms with Gasteiger partial charge in [-0.25, -0.2) is 0 Å². The van der Waals surface area contributed by atoms with Crippen molar-refractivity contribution in [3.05, 3.63) is 27.6 Å². The van der Waals surface area contributed by atoms with Crippen LogP contribution in [0.15, 0.2) is 22.7 Å². The van der Waals surface area contributed by atoms with E-state index < -0.39 is 0 Å². The Kier molecular flexibility index (Phi) is 4.47. The van der Waals surface area contributed by atoms with Crippen molar-refractivity contribution in [2.24, 2.45) is 5.92 Å². The second kappa shape index (κ2) is 6.34. The third kappa shape index (κ3) is 3.22. The number of phenolic OH excluding ortho intramolecular Hbond substituents is 1. The Morgan fingerprint density at radius 3 is 2.71 bits per heavy atom. The molecule has 2 aromatic rings. The van der Waals surface area contributed by atoms with Crippen molar-refractivity contribution < 1.29 is 9.63 Å². The lowest BCUT2D eigenvalue weighted by Gasteiger charge is -2.25. The van der Waals surface area contributed by atoms with Crippen molar-refractivity contribution in [2.75, 3.05) is 0 Å². The van der Waals surface area contributed by atoms with Crippen LogP contribution in [0.3, 0.4) is 0 Å². The molecular weight excluding hydrogens is 379 g/mol. The highest BCUT2D eigenvalue weighted by atomic mass is 127. The van der Waals surface area contributed by atoms with Crippen LogP contribution in [0.25, 0.3) is 11.5 Å². The van der Waals surface area contributed by atoms with Gasteiger partial charge in [0.2, 0.25) is 0 Å². The highest BCUT2D eigenvalue weighted by molar-refractivity contribution is 14.1. The number of phenols is 1. The van der Waals surface area contributed by atoms with Crippen LogP contribution < -0.4 is 0 Å². The lowest BCUT2D eigenvalue weighted by molar-refractivity contribution is 0.305. The summed E-state index contributed by atoms with van der Waals surface area (Å²) >= 11 is 2.09. The Hall–Kier alpha value is -1.11. The first-order valence-electron chi connectivity index (χ1n) is 7.50. The van der Waals surface area contributed by atoms with Gasteiger partial charge in [-0.1, -0.05) is 18.5 Å². The summed E-state index contributed by atoms with van der Waals surface area (Å²) in [5.74, 6) is 2.84. The van der Waals surface area contributed by atoms with Crippen LogP contribution in [0, 0.1) is 9.49 Å². The summed E-state index contributed by atoms with van der Waals surface area (Å²) in [6, 6.07) is 5.42. The Morgan fingerprint density at radius 1 is 1.29 bits per heavy atom. The molecule has 0 spiro atoms. The average molecular weight is 398 g/mol. The Morgan fingerprint density at radius 2 is 2.05 bits per heavy atom. The number of hydrogen-bond donors (Lipinski definition) is 1. The molecule has 21 heavy (non-hydrogen) atoms. The molecule has 1 heterocycles. The highest BCUT2D eigenvalue weighted by Crippen LogP contribution is 2.36. The van der Waals surface area contributed by atoms with Gasteiger partial charge in [0.15, 0.2) is 5.82 Å². The first-order valence-corrected chi connectivity index (χ1v) is 8.57. The monoisotopic (exact) mass is 398 g/mol. The minimum absolute atomic E-state index is 0.247. The first kappa shape index (κ1) is 14.8. The SMILES string of the molecule is CCC1CCC(c2noc(-c3ccc(I)c(O)c3)n2)CC1. The maximum absolute atomic E-state index is 9.78. The van der Waals surface area contributed by atoms with Crippen LogP contribution in [0.5, 0.6) is 5.75 Å². The topological polar surface area (TPSA) is 59.2 Å². The number of hydrogen-bond acceptors (Lipinski definition) is 4. The van der Waals surface area contributed by atoms with Crippen LogP contribution >= 0.6 is 22.6 Å². The number of aromatic hydroxyl groups is 1. The number of benzene rings is 1. The molecule has 1 N–H and O–H groups in total. The zero-order valence-corrected chi connectivity index (χ0v) is 14.2. The molecule has 0 saturated heterocycles. The molecule has 1 aliphatic carbocycles. The second-order valence-electron chi connectivity index (χ2n) is 5.75. The fourth-order valence-corrected chi connectivity index (χ4v) is 3.33. The van der Waals surface area contributed by atoms with Crippen LogP contribution in [0.4, 0.5) is 0 Å². The van der Waals surface area contributed by atoms with Crippen molar-refractivity contribution in [3.8, 4) is 17.2 Å². The van der Waals surface area contributed by atoms with Gasteiger partial charge in [-0.3, -0.25) is 0 Å². The van der Waals surface area contributed by atoms with Crippen LogP contribution in [0.2, 0.25) is 0 Å². The summed E-state index contributed by atoms with van der Waals surface area (Å²) in [5.41, 5.74) is 0.772. The van der Waals surface area contributed by atoms with E-state index in [1.54, 1.807) is 6.07 Å². The Labute approximate surface area is 138 Å². The summed E-state index contributed by atoms with van der Waals surface area (Å²) in [4.78, 5) is 4.53. The normalized spacial score (nSPS) is 22.4. The number of rotatable bonds is 3. The third-order valence-corrected chi connectivity index (χ3v) is 5.34. The summed E-state index contributed by atoms with van der Waals surface area (Å²) in [7, 11) is 0. The quantitative estimate of drug-likeness (QED) is 0.760. The van der Waals surface area contributed by atoms with Crippen LogP contribution in [-0.4, -0.2) is 15.2 Å². The molecule has 0 radical (unpaired) electrons. The van der Waals surface area contributed by atoms with Gasteiger partial charge in [-0.2, -0.15) is 4.98 Å². The molecule has 1 aromatic heterocycles. The molecule has 0 atom stereocenters. The summed E-state index contributed by atoms with van der Waals surface area (Å²) in [5, 5.41) is 13.9. The predicted octanol–water partition coefficient (Wildman–Crippen LogP) is 4.73. The standard InChI is InChI=1S/C16H19IN2O2/c1-2-10-3-5-11(6-4-10)15-18-16(21-19-15)12-7-8-13(17)14(20)9-12/h7-11,20H,2-6H2,1H3. The molecule has 1 aliphatic rings. The molecule has 0 aliphatic heterocycles. The number of aromatic nitrogens is 2. The zero-order chi connectivity index (χ0) is 14.8. The van der Waals surface area contributed by atoms with Gasteiger partial charge in [-0.15, -0.1) is 0 Å². The fourth-order valence-electron chi connectivity index (χ4n) is 2.99. The van der Waals surface area contributed by atoms with E-state index in [-0.39, 0.29) is 5.75 Å². The molecular formula is C16H19IN2O2. The van der Waals surface area contributed by atoms with Crippen LogP contribution in [-0.2, 0) is 0 Å². The van der Waals surface area contributed by atoms with Gasteiger partial charge in [0, 0.05) is 11.5 Å². The zero-order valence-electron chi connectivity index (χ0n) is 12.1. The molecule has 5 heteroatoms. The van der Waals surface area contributed by atoms with E-state index in [4.69, 9.17) is 4.52 Å². The largest absolute Gasteiger partial charge is 0.507 e. The van der Waals surface area contributed by atoms with Crippen molar-refractivity contribution >= 4 is 22.6 Å². The van der Waals surface area contributed by atoms with Gasteiger partial charge in [0.1, 0.15) is 5.75 Å². The van der Waals surface area contributed by atoms with Crippen LogP contribution in [0.1, 0.15) is 50.8 Å². The fraction of sp³-hybridized carbons (Fsp3) is 0.500. The number of nitrogens with zero attached hydrogens (tertiary/aromatic N) is 2. The summed E-state index contributed by atoms with van der Waals surface area (Å²) in [6.45, 7) is 2.26. The summed E-state index contributed by atoms with van der Waals surface area (Å²) in [6.07, 6.45) is 6.09. The van der Waals surface area contributed by atoms with E-state index in [1.807, 2.05) is 12.1 Å². The first-order chi connectivity index (χ1) is 10.2. The number of halogens is 1. The molecule has 3 rings (SSSR count). The van der Waals surface area contributed by atoms with Crippen molar-refractivity contribution in [1.82, 2.24) is 10.1 Å². The molecule has 0 bridgehead atoms. The van der Waals surface area contributed by atoms with E-state index in [9.17, 15) is 5.11 Å². The third-order valence-electron chi connectivity index (χ3n) is 4.42.